The van der Waals surface area contributed by atoms with Gasteiger partial charge in [-0.05, 0) is 93.6 Å². The van der Waals surface area contributed by atoms with E-state index in [0.29, 0.717) is 13.1 Å². The number of primary amides is 1. The number of fused-ring (bicyclic) bond motifs is 1. The first kappa shape index (κ1) is 32.4. The van der Waals surface area contributed by atoms with E-state index in [2.05, 4.69) is 105 Å². The van der Waals surface area contributed by atoms with E-state index >= 15 is 0 Å². The molecule has 3 aromatic heterocycles. The molecule has 1 atom stereocenters. The van der Waals surface area contributed by atoms with Crippen LogP contribution in [-0.2, 0) is 17.9 Å². The Morgan fingerprint density at radius 1 is 1.09 bits per heavy atom. The largest absolute Gasteiger partial charge is 0.395 e. The minimum atomic E-state index is -0.356. The molecule has 2 aromatic carbocycles. The Labute approximate surface area is 268 Å². The number of nitrogens with two attached hydrogens (primary N) is 1. The number of H-pyrrole nitrogens is 1. The topological polar surface area (TPSA) is 128 Å². The van der Waals surface area contributed by atoms with Crippen molar-refractivity contribution in [1.82, 2.24) is 30.0 Å². The van der Waals surface area contributed by atoms with Crippen LogP contribution in [0.25, 0.3) is 33.0 Å². The maximum Gasteiger partial charge on any atom is 0.219 e. The van der Waals surface area contributed by atoms with Crippen LogP contribution in [0.15, 0.2) is 66.9 Å². The first-order chi connectivity index (χ1) is 21.9. The third-order valence-electron chi connectivity index (χ3n) is 7.87. The zero-order chi connectivity index (χ0) is 31.8. The summed E-state index contributed by atoms with van der Waals surface area (Å²) in [6, 6.07) is 20.6. The highest BCUT2D eigenvalue weighted by atomic mass is 32.1. The number of imidazole rings is 1. The van der Waals surface area contributed by atoms with Gasteiger partial charge in [0.05, 0.1) is 28.2 Å². The molecule has 5 N–H and O–H groups in total. The summed E-state index contributed by atoms with van der Waals surface area (Å²) in [5, 5.41) is 20.2. The van der Waals surface area contributed by atoms with E-state index < -0.39 is 0 Å². The summed E-state index contributed by atoms with van der Waals surface area (Å²) in [6.07, 6.45) is 3.93. The van der Waals surface area contributed by atoms with Crippen LogP contribution in [0.5, 0.6) is 0 Å². The molecule has 10 nitrogen and oxygen atoms in total. The van der Waals surface area contributed by atoms with E-state index in [0.717, 1.165) is 81.6 Å². The molecule has 0 fully saturated rings. The number of aromatic nitrogens is 4. The molecule has 0 aliphatic rings. The Balaban J connectivity index is 1.43. The van der Waals surface area contributed by atoms with Crippen molar-refractivity contribution in [2.24, 2.45) is 5.73 Å². The van der Waals surface area contributed by atoms with Crippen molar-refractivity contribution in [2.45, 2.75) is 45.3 Å². The predicted molar refractivity (Wildman–Crippen MR) is 183 cm³/mol. The van der Waals surface area contributed by atoms with Crippen molar-refractivity contribution in [3.8, 4) is 22.0 Å². The van der Waals surface area contributed by atoms with Gasteiger partial charge in [-0.25, -0.2) is 4.98 Å². The SMILES string of the molecule is CCCN(CCO)c1ccc(-c2nc3cc(C(CC(N)=O)NCc4ccc(-c5ccn[nH]5)s4)ccc3n2CCCN(C)C)cc1. The van der Waals surface area contributed by atoms with Crippen LogP contribution >= 0.6 is 11.3 Å². The molecule has 0 saturated carbocycles. The van der Waals surface area contributed by atoms with Crippen LogP contribution in [0, 0.1) is 0 Å². The Morgan fingerprint density at radius 2 is 1.91 bits per heavy atom. The van der Waals surface area contributed by atoms with Crippen molar-refractivity contribution < 1.29 is 9.90 Å². The summed E-state index contributed by atoms with van der Waals surface area (Å²) in [5.41, 5.74) is 11.8. The summed E-state index contributed by atoms with van der Waals surface area (Å²) in [4.78, 5) is 23.9. The van der Waals surface area contributed by atoms with Gasteiger partial charge in [0.1, 0.15) is 5.82 Å². The Bertz CT molecular complexity index is 1650. The molecule has 3 heterocycles. The standard InChI is InChI=1S/C34H44N8O2S/c1-4-16-41(19-20-43)26-9-6-24(7-10-26)34-38-30-21-25(8-12-31(30)42(34)18-5-17-40(2)3)29(22-33(35)44)36-23-27-11-13-32(45-27)28-14-15-37-39-28/h6-15,21,29,36,43H,4-5,16-20,22-23H2,1-3H3,(H2,35,44)(H,37,39). The van der Waals surface area contributed by atoms with Gasteiger partial charge >= 0.3 is 0 Å². The molecule has 1 unspecified atom stereocenters. The molecule has 238 valence electrons. The molecule has 5 rings (SSSR count). The number of anilines is 1. The zero-order valence-electron chi connectivity index (χ0n) is 26.4. The van der Waals surface area contributed by atoms with E-state index in [9.17, 15) is 9.90 Å². The van der Waals surface area contributed by atoms with E-state index in [4.69, 9.17) is 10.7 Å². The van der Waals surface area contributed by atoms with Gasteiger partial charge in [-0.1, -0.05) is 13.0 Å². The number of hydrogen-bond acceptors (Lipinski definition) is 8. The third kappa shape index (κ3) is 8.17. The summed E-state index contributed by atoms with van der Waals surface area (Å²) in [7, 11) is 4.18. The minimum Gasteiger partial charge on any atom is -0.395 e. The van der Waals surface area contributed by atoms with Gasteiger partial charge in [0.2, 0.25) is 5.91 Å². The molecule has 45 heavy (non-hydrogen) atoms. The third-order valence-corrected chi connectivity index (χ3v) is 8.99. The van der Waals surface area contributed by atoms with E-state index in [1.54, 1.807) is 17.5 Å². The number of benzene rings is 2. The number of hydrogen-bond donors (Lipinski definition) is 4. The molecule has 0 bridgehead atoms. The van der Waals surface area contributed by atoms with Crippen molar-refractivity contribution in [2.75, 3.05) is 45.2 Å². The number of thiophene rings is 1. The van der Waals surface area contributed by atoms with Gasteiger partial charge in [0, 0.05) is 61.0 Å². The number of aryl methyl sites for hydroxylation is 1. The second-order valence-corrected chi connectivity index (χ2v) is 12.8. The van der Waals surface area contributed by atoms with Crippen LogP contribution in [0.3, 0.4) is 0 Å². The molecule has 0 radical (unpaired) electrons. The fraction of sp³-hybridized carbons (Fsp3) is 0.382. The summed E-state index contributed by atoms with van der Waals surface area (Å²) in [6.45, 7) is 6.18. The van der Waals surface area contributed by atoms with E-state index in [-0.39, 0.29) is 25.0 Å². The molecule has 0 aliphatic carbocycles. The lowest BCUT2D eigenvalue weighted by Crippen LogP contribution is -2.27. The van der Waals surface area contributed by atoms with Crippen LogP contribution in [0.1, 0.15) is 42.7 Å². The highest BCUT2D eigenvalue weighted by molar-refractivity contribution is 7.15. The van der Waals surface area contributed by atoms with E-state index in [1.165, 1.54) is 0 Å². The molecule has 0 aliphatic heterocycles. The Kier molecular flexibility index (Phi) is 11.0. The molecular formula is C34H44N8O2S. The van der Waals surface area contributed by atoms with Gasteiger partial charge < -0.3 is 30.5 Å². The van der Waals surface area contributed by atoms with E-state index in [1.807, 2.05) is 6.07 Å². The minimum absolute atomic E-state index is 0.122. The molecular weight excluding hydrogens is 584 g/mol. The number of aliphatic hydroxyl groups excluding tert-OH is 1. The lowest BCUT2D eigenvalue weighted by Gasteiger charge is -2.23. The number of aromatic amines is 1. The van der Waals surface area contributed by atoms with Gasteiger partial charge in [-0.15, -0.1) is 11.3 Å². The predicted octanol–water partition coefficient (Wildman–Crippen LogP) is 5.02. The van der Waals surface area contributed by atoms with Crippen molar-refractivity contribution >= 4 is 34.0 Å². The van der Waals surface area contributed by atoms with Crippen LogP contribution in [-0.4, -0.2) is 76.0 Å². The van der Waals surface area contributed by atoms with Crippen LogP contribution < -0.4 is 16.0 Å². The smallest absolute Gasteiger partial charge is 0.219 e. The van der Waals surface area contributed by atoms with Gasteiger partial charge in [-0.3, -0.25) is 9.89 Å². The highest BCUT2D eigenvalue weighted by Gasteiger charge is 2.19. The quantitative estimate of drug-likeness (QED) is 0.114. The number of rotatable bonds is 17. The van der Waals surface area contributed by atoms with Gasteiger partial charge in [0.25, 0.3) is 0 Å². The fourth-order valence-corrected chi connectivity index (χ4v) is 6.61. The zero-order valence-corrected chi connectivity index (χ0v) is 27.2. The van der Waals surface area contributed by atoms with Crippen molar-refractivity contribution in [1.29, 1.82) is 0 Å². The van der Waals surface area contributed by atoms with Crippen molar-refractivity contribution in [3.05, 3.63) is 77.3 Å². The van der Waals surface area contributed by atoms with Gasteiger partial charge in [0.15, 0.2) is 0 Å². The maximum absolute atomic E-state index is 12.1. The monoisotopic (exact) mass is 628 g/mol. The summed E-state index contributed by atoms with van der Waals surface area (Å²) >= 11 is 1.69. The Hall–Kier alpha value is -4.03. The number of aliphatic hydroxyl groups is 1. The highest BCUT2D eigenvalue weighted by Crippen LogP contribution is 2.31. The number of amides is 1. The lowest BCUT2D eigenvalue weighted by molar-refractivity contribution is -0.118. The molecule has 1 amide bonds. The average molecular weight is 629 g/mol. The molecule has 5 aromatic rings. The Morgan fingerprint density at radius 3 is 2.60 bits per heavy atom. The first-order valence-electron chi connectivity index (χ1n) is 15.6. The summed E-state index contributed by atoms with van der Waals surface area (Å²) in [5.74, 6) is 0.561. The number of carbonyl (C=O) groups is 1. The molecule has 11 heteroatoms. The maximum atomic E-state index is 12.1. The second kappa shape index (κ2) is 15.3. The number of carbonyl (C=O) groups excluding carboxylic acids is 1. The molecule has 0 saturated heterocycles. The number of nitrogens with zero attached hydrogens (tertiary/aromatic N) is 5. The van der Waals surface area contributed by atoms with Gasteiger partial charge in [-0.2, -0.15) is 5.10 Å². The second-order valence-electron chi connectivity index (χ2n) is 11.6. The number of nitrogens with one attached hydrogen (secondary N) is 2. The van der Waals surface area contributed by atoms with Crippen LogP contribution in [0.4, 0.5) is 5.69 Å². The first-order valence-corrected chi connectivity index (χ1v) is 16.4. The van der Waals surface area contributed by atoms with Crippen molar-refractivity contribution in [3.63, 3.8) is 0 Å². The molecule has 0 spiro atoms. The lowest BCUT2D eigenvalue weighted by atomic mass is 10.0. The normalized spacial score (nSPS) is 12.3. The fourth-order valence-electron chi connectivity index (χ4n) is 5.68. The summed E-state index contributed by atoms with van der Waals surface area (Å²) < 4.78 is 2.30. The van der Waals surface area contributed by atoms with Crippen LogP contribution in [0.2, 0.25) is 0 Å². The average Bonchev–Trinajstić information content (AvgIpc) is 3.79.